The molecule has 5 nitrogen and oxygen atoms in total. The number of carbonyl (C=O) groups is 1. The third kappa shape index (κ3) is 4.77. The minimum Gasteiger partial charge on any atom is -0.393 e. The van der Waals surface area contributed by atoms with Crippen LogP contribution in [0, 0.1) is 18.7 Å². The van der Waals surface area contributed by atoms with Gasteiger partial charge in [-0.1, -0.05) is 18.9 Å². The largest absolute Gasteiger partial charge is 0.393 e. The lowest BCUT2D eigenvalue weighted by atomic mass is 9.88. The van der Waals surface area contributed by atoms with Crippen LogP contribution in [0.1, 0.15) is 41.6 Å². The summed E-state index contributed by atoms with van der Waals surface area (Å²) < 4.78 is 38.9. The van der Waals surface area contributed by atoms with Crippen LogP contribution in [-0.4, -0.2) is 31.3 Å². The van der Waals surface area contributed by atoms with Crippen LogP contribution < -0.4 is 5.32 Å². The zero-order valence-corrected chi connectivity index (χ0v) is 16.5. The Morgan fingerprint density at radius 1 is 1.18 bits per heavy atom. The summed E-state index contributed by atoms with van der Waals surface area (Å²) in [5.74, 6) is -1.24. The van der Waals surface area contributed by atoms with Crippen molar-refractivity contribution < 1.29 is 22.7 Å². The maximum atomic E-state index is 13.4. The third-order valence-electron chi connectivity index (χ3n) is 5.17. The summed E-state index contributed by atoms with van der Waals surface area (Å²) in [6.45, 7) is 1.60. The predicted octanol–water partition coefficient (Wildman–Crippen LogP) is 3.71. The van der Waals surface area contributed by atoms with E-state index in [1.807, 2.05) is 0 Å². The molecule has 28 heavy (non-hydrogen) atoms. The molecule has 2 N–H and O–H groups in total. The minimum absolute atomic E-state index is 0.0632. The number of aliphatic hydroxyl groups is 1. The molecule has 2 atom stereocenters. The molecule has 1 fully saturated rings. The van der Waals surface area contributed by atoms with Gasteiger partial charge in [0.15, 0.2) is 9.84 Å². The summed E-state index contributed by atoms with van der Waals surface area (Å²) >= 11 is 0. The number of sulfone groups is 1. The Morgan fingerprint density at radius 3 is 2.64 bits per heavy atom. The van der Waals surface area contributed by atoms with Gasteiger partial charge in [-0.3, -0.25) is 4.79 Å². The molecule has 0 bridgehead atoms. The average Bonchev–Trinajstić information content (AvgIpc) is 2.66. The number of anilines is 1. The van der Waals surface area contributed by atoms with Gasteiger partial charge in [0.25, 0.3) is 5.91 Å². The molecule has 1 aliphatic rings. The lowest BCUT2D eigenvalue weighted by molar-refractivity contribution is 0.0807. The van der Waals surface area contributed by atoms with Crippen LogP contribution in [0.25, 0.3) is 0 Å². The van der Waals surface area contributed by atoms with Crippen LogP contribution in [0.3, 0.4) is 0 Å². The van der Waals surface area contributed by atoms with Gasteiger partial charge in [-0.25, -0.2) is 12.8 Å². The molecule has 0 saturated heterocycles. The van der Waals surface area contributed by atoms with Crippen molar-refractivity contribution in [2.75, 3.05) is 11.1 Å². The van der Waals surface area contributed by atoms with Gasteiger partial charge in [-0.15, -0.1) is 0 Å². The van der Waals surface area contributed by atoms with Crippen LogP contribution >= 0.6 is 0 Å². The Hall–Kier alpha value is -2.25. The van der Waals surface area contributed by atoms with Gasteiger partial charge in [-0.2, -0.15) is 0 Å². The second-order valence-electron chi connectivity index (χ2n) is 7.34. The number of nitrogens with one attached hydrogen (secondary N) is 1. The van der Waals surface area contributed by atoms with Gasteiger partial charge in [0.05, 0.1) is 16.8 Å². The standard InChI is InChI=1S/C21H24FNO4S/c1-14-11-17(9-10-19(14)22)23-21(25)15-6-4-7-18(12-15)28(26,27)13-16-5-2-3-8-20(16)24/h4,6-7,9-12,16,20,24H,2-3,5,8,13H2,1H3,(H,23,25)/t16-,20+/m0/s1. The molecule has 1 aliphatic carbocycles. The number of hydrogen-bond donors (Lipinski definition) is 2. The first-order chi connectivity index (χ1) is 13.3. The molecule has 0 spiro atoms. The highest BCUT2D eigenvalue weighted by Gasteiger charge is 2.29. The highest BCUT2D eigenvalue weighted by atomic mass is 32.2. The molecule has 0 unspecified atom stereocenters. The zero-order valence-electron chi connectivity index (χ0n) is 15.7. The van der Waals surface area contributed by atoms with E-state index < -0.39 is 21.8 Å². The molecule has 3 rings (SSSR count). The lowest BCUT2D eigenvalue weighted by Gasteiger charge is -2.27. The minimum atomic E-state index is -3.62. The summed E-state index contributed by atoms with van der Waals surface area (Å²) in [6, 6.07) is 10.1. The molecule has 1 amide bonds. The first-order valence-corrected chi connectivity index (χ1v) is 11.0. The molecular weight excluding hydrogens is 381 g/mol. The van der Waals surface area contributed by atoms with Crippen molar-refractivity contribution in [3.05, 3.63) is 59.4 Å². The van der Waals surface area contributed by atoms with E-state index in [0.717, 1.165) is 12.8 Å². The predicted molar refractivity (Wildman–Crippen MR) is 106 cm³/mol. The van der Waals surface area contributed by atoms with Crippen LogP contribution in [0.2, 0.25) is 0 Å². The second kappa shape index (κ2) is 8.41. The molecule has 0 radical (unpaired) electrons. The number of halogens is 1. The van der Waals surface area contributed by atoms with E-state index in [9.17, 15) is 22.7 Å². The Balaban J connectivity index is 1.76. The quantitative estimate of drug-likeness (QED) is 0.794. The van der Waals surface area contributed by atoms with E-state index in [1.165, 1.54) is 42.5 Å². The average molecular weight is 405 g/mol. The van der Waals surface area contributed by atoms with Gasteiger partial charge >= 0.3 is 0 Å². The first-order valence-electron chi connectivity index (χ1n) is 9.34. The Kier molecular flexibility index (Phi) is 6.15. The van der Waals surface area contributed by atoms with Crippen molar-refractivity contribution in [3.8, 4) is 0 Å². The highest BCUT2D eigenvalue weighted by Crippen LogP contribution is 2.28. The van der Waals surface area contributed by atoms with Crippen molar-refractivity contribution in [1.82, 2.24) is 0 Å². The maximum Gasteiger partial charge on any atom is 0.255 e. The zero-order chi connectivity index (χ0) is 20.3. The molecule has 1 saturated carbocycles. The molecule has 0 aliphatic heterocycles. The first kappa shape index (κ1) is 20.5. The maximum absolute atomic E-state index is 13.4. The van der Waals surface area contributed by atoms with Crippen molar-refractivity contribution in [3.63, 3.8) is 0 Å². The van der Waals surface area contributed by atoms with Crippen molar-refractivity contribution in [2.24, 2.45) is 5.92 Å². The van der Waals surface area contributed by atoms with Gasteiger partial charge in [0, 0.05) is 11.3 Å². The van der Waals surface area contributed by atoms with Crippen LogP contribution in [0.5, 0.6) is 0 Å². The normalized spacial score (nSPS) is 20.0. The fraction of sp³-hybridized carbons (Fsp3) is 0.381. The van der Waals surface area contributed by atoms with E-state index in [2.05, 4.69) is 5.32 Å². The van der Waals surface area contributed by atoms with E-state index in [1.54, 1.807) is 6.92 Å². The fourth-order valence-electron chi connectivity index (χ4n) is 3.52. The molecule has 0 aromatic heterocycles. The molecule has 150 valence electrons. The molecular formula is C21H24FNO4S. The third-order valence-corrected chi connectivity index (χ3v) is 7.01. The highest BCUT2D eigenvalue weighted by molar-refractivity contribution is 7.91. The monoisotopic (exact) mass is 405 g/mol. The molecule has 2 aromatic carbocycles. The van der Waals surface area contributed by atoms with Gasteiger partial charge in [0.2, 0.25) is 0 Å². The fourth-order valence-corrected chi connectivity index (χ4v) is 5.25. The summed E-state index contributed by atoms with van der Waals surface area (Å²) in [4.78, 5) is 12.6. The Labute approximate surface area is 164 Å². The van der Waals surface area contributed by atoms with Crippen LogP contribution in [-0.2, 0) is 9.84 Å². The lowest BCUT2D eigenvalue weighted by Crippen LogP contribution is -2.30. The number of hydrogen-bond acceptors (Lipinski definition) is 4. The molecule has 7 heteroatoms. The van der Waals surface area contributed by atoms with Crippen LogP contribution in [0.15, 0.2) is 47.4 Å². The van der Waals surface area contributed by atoms with E-state index in [0.29, 0.717) is 24.1 Å². The molecule has 0 heterocycles. The topological polar surface area (TPSA) is 83.5 Å². The summed E-state index contributed by atoms with van der Waals surface area (Å²) in [5.41, 5.74) is 1.04. The summed E-state index contributed by atoms with van der Waals surface area (Å²) in [6.07, 6.45) is 2.54. The number of aryl methyl sites for hydroxylation is 1. The number of aliphatic hydroxyl groups excluding tert-OH is 1. The van der Waals surface area contributed by atoms with Gasteiger partial charge < -0.3 is 10.4 Å². The second-order valence-corrected chi connectivity index (χ2v) is 9.37. The van der Waals surface area contributed by atoms with Crippen LogP contribution in [0.4, 0.5) is 10.1 Å². The smallest absolute Gasteiger partial charge is 0.255 e. The number of rotatable bonds is 5. The van der Waals surface area contributed by atoms with E-state index >= 15 is 0 Å². The van der Waals surface area contributed by atoms with Gasteiger partial charge in [-0.05, 0) is 67.6 Å². The number of amides is 1. The molecule has 2 aromatic rings. The van der Waals surface area contributed by atoms with E-state index in [4.69, 9.17) is 0 Å². The SMILES string of the molecule is Cc1cc(NC(=O)c2cccc(S(=O)(=O)C[C@@H]3CCCC[C@H]3O)c2)ccc1F. The summed E-state index contributed by atoms with van der Waals surface area (Å²) in [7, 11) is -3.62. The van der Waals surface area contributed by atoms with Crippen molar-refractivity contribution in [1.29, 1.82) is 0 Å². The van der Waals surface area contributed by atoms with Gasteiger partial charge in [0.1, 0.15) is 5.82 Å². The summed E-state index contributed by atoms with van der Waals surface area (Å²) in [5, 5.41) is 12.7. The van der Waals surface area contributed by atoms with Crippen molar-refractivity contribution in [2.45, 2.75) is 43.6 Å². The van der Waals surface area contributed by atoms with Crippen molar-refractivity contribution >= 4 is 21.4 Å². The Morgan fingerprint density at radius 2 is 1.93 bits per heavy atom. The number of carbonyl (C=O) groups excluding carboxylic acids is 1. The number of benzene rings is 2. The Bertz CT molecular complexity index is 974. The van der Waals surface area contributed by atoms with E-state index in [-0.39, 0.29) is 27.9 Å².